The lowest BCUT2D eigenvalue weighted by Crippen LogP contribution is -2.64. The number of alkyl halides is 2. The van der Waals surface area contributed by atoms with Crippen molar-refractivity contribution < 1.29 is 46.6 Å². The van der Waals surface area contributed by atoms with E-state index < -0.39 is 53.9 Å². The topological polar surface area (TPSA) is 84.8 Å². The van der Waals surface area contributed by atoms with Crippen molar-refractivity contribution in [2.24, 2.45) is 0 Å². The van der Waals surface area contributed by atoms with E-state index in [2.05, 4.69) is 0 Å². The van der Waals surface area contributed by atoms with Crippen molar-refractivity contribution in [3.05, 3.63) is 0 Å². The Bertz CT molecular complexity index is 668. The van der Waals surface area contributed by atoms with Crippen LogP contribution in [0.4, 0.5) is 8.78 Å². The van der Waals surface area contributed by atoms with Crippen LogP contribution in [0.15, 0.2) is 0 Å². The Balaban J connectivity index is 2.06. The van der Waals surface area contributed by atoms with E-state index in [1.54, 1.807) is 27.7 Å². The van der Waals surface area contributed by atoms with E-state index in [-0.39, 0.29) is 19.8 Å². The maximum absolute atomic E-state index is 16.1. The first-order chi connectivity index (χ1) is 13.2. The molecular weight excluding hydrogens is 433 g/mol. The van der Waals surface area contributed by atoms with Crippen LogP contribution in [0.5, 0.6) is 0 Å². The average Bonchev–Trinajstić information content (AvgIpc) is 3.18. The Morgan fingerprint density at radius 2 is 1.62 bits per heavy atom. The third kappa shape index (κ3) is 3.82. The van der Waals surface area contributed by atoms with Crippen molar-refractivity contribution in [2.75, 3.05) is 19.8 Å². The van der Waals surface area contributed by atoms with E-state index >= 15 is 8.78 Å². The van der Waals surface area contributed by atoms with Gasteiger partial charge in [-0.1, -0.05) is 0 Å². The number of hydrogen-bond donors (Lipinski definition) is 1. The van der Waals surface area contributed by atoms with Crippen molar-refractivity contribution >= 4 is 18.3 Å². The van der Waals surface area contributed by atoms with Crippen LogP contribution in [0.25, 0.3) is 0 Å². The molecule has 3 saturated heterocycles. The number of rotatable bonds is 7. The van der Waals surface area contributed by atoms with Crippen LogP contribution < -0.4 is 0 Å². The molecule has 12 heteroatoms. The first-order valence-electron chi connectivity index (χ1n) is 9.55. The summed E-state index contributed by atoms with van der Waals surface area (Å²) in [5.41, 5.74) is -6.97. The second kappa shape index (κ2) is 7.65. The van der Waals surface area contributed by atoms with Gasteiger partial charge in [-0.25, -0.2) is 0 Å². The highest BCUT2D eigenvalue weighted by molar-refractivity contribution is 8.10. The van der Waals surface area contributed by atoms with Gasteiger partial charge in [0.25, 0.3) is 6.49 Å². The fourth-order valence-electron chi connectivity index (χ4n) is 3.87. The van der Waals surface area contributed by atoms with Crippen LogP contribution in [0.1, 0.15) is 41.5 Å². The minimum atomic E-state index is -4.30. The van der Waals surface area contributed by atoms with E-state index in [0.29, 0.717) is 0 Å². The Morgan fingerprint density at radius 3 is 2.10 bits per heavy atom. The molecule has 1 N–H and O–H groups in total. The molecule has 0 spiro atoms. The molecule has 0 aliphatic carbocycles. The van der Waals surface area contributed by atoms with Crippen molar-refractivity contribution in [3.8, 4) is 0 Å². The van der Waals surface area contributed by atoms with E-state index in [9.17, 15) is 5.11 Å². The third-order valence-electron chi connectivity index (χ3n) is 5.00. The second-order valence-corrected chi connectivity index (χ2v) is 11.6. The summed E-state index contributed by atoms with van der Waals surface area (Å²) < 4.78 is 70.8. The number of fused-ring (bicyclic) bond motifs is 1. The molecule has 3 aliphatic heterocycles. The minimum absolute atomic E-state index is 0.0645. The lowest BCUT2D eigenvalue weighted by Gasteiger charge is -2.44. The van der Waals surface area contributed by atoms with Crippen LogP contribution in [-0.2, 0) is 44.5 Å². The van der Waals surface area contributed by atoms with Gasteiger partial charge >= 0.3 is 5.66 Å². The molecular formula is C17H29F2O8PS. The van der Waals surface area contributed by atoms with Gasteiger partial charge in [0.05, 0.1) is 19.8 Å². The third-order valence-corrected chi connectivity index (χ3v) is 8.56. The Labute approximate surface area is 174 Å². The summed E-state index contributed by atoms with van der Waals surface area (Å²) >= 11 is 5.17. The molecule has 3 heterocycles. The molecule has 3 rings (SSSR count). The van der Waals surface area contributed by atoms with E-state index in [1.807, 2.05) is 0 Å². The minimum Gasteiger partial charge on any atom is -0.378 e. The summed E-state index contributed by atoms with van der Waals surface area (Å²) in [6.45, 7) is 4.84. The first kappa shape index (κ1) is 23.8. The van der Waals surface area contributed by atoms with Gasteiger partial charge in [0.15, 0.2) is 23.5 Å². The molecule has 170 valence electrons. The molecule has 0 aromatic rings. The number of aliphatic hydroxyl groups is 1. The second-order valence-electron chi connectivity index (χ2n) is 8.05. The molecule has 0 amide bonds. The van der Waals surface area contributed by atoms with Crippen LogP contribution in [-0.4, -0.2) is 72.4 Å². The standard InChI is InChI=1S/C17H29F2O8PS/c1-7-22-28(29,23-8-2)17(18,19)16(20)11(10-9-21-14(3,4)25-10)24-13-12(16)26-15(5,6)27-13/h10-13,20H,7-9H2,1-6H3/t10-,11-,12+,13-,16-/m1/s1. The van der Waals surface area contributed by atoms with Gasteiger partial charge in [0, 0.05) is 0 Å². The van der Waals surface area contributed by atoms with Gasteiger partial charge in [-0.05, 0) is 53.3 Å². The molecule has 0 bridgehead atoms. The van der Waals surface area contributed by atoms with Crippen molar-refractivity contribution in [3.63, 3.8) is 0 Å². The van der Waals surface area contributed by atoms with Crippen molar-refractivity contribution in [2.45, 2.75) is 89.0 Å². The zero-order valence-corrected chi connectivity index (χ0v) is 19.1. The lowest BCUT2D eigenvalue weighted by molar-refractivity contribution is -0.274. The van der Waals surface area contributed by atoms with Crippen molar-refractivity contribution in [1.82, 2.24) is 0 Å². The quantitative estimate of drug-likeness (QED) is 0.574. The number of halogens is 2. The molecule has 3 aliphatic rings. The highest BCUT2D eigenvalue weighted by Gasteiger charge is 2.79. The van der Waals surface area contributed by atoms with Gasteiger partial charge in [0.1, 0.15) is 18.3 Å². The maximum atomic E-state index is 16.1. The van der Waals surface area contributed by atoms with E-state index in [4.69, 9.17) is 44.5 Å². The highest BCUT2D eigenvalue weighted by Crippen LogP contribution is 2.69. The fraction of sp³-hybridized carbons (Fsp3) is 1.00. The largest absolute Gasteiger partial charge is 0.378 e. The van der Waals surface area contributed by atoms with Crippen molar-refractivity contribution in [1.29, 1.82) is 0 Å². The Hall–Kier alpha value is 0.190. The van der Waals surface area contributed by atoms with Crippen LogP contribution in [0, 0.1) is 0 Å². The van der Waals surface area contributed by atoms with Gasteiger partial charge < -0.3 is 37.8 Å². The van der Waals surface area contributed by atoms with Crippen LogP contribution in [0.3, 0.4) is 0 Å². The molecule has 0 aromatic carbocycles. The average molecular weight is 462 g/mol. The van der Waals surface area contributed by atoms with Gasteiger partial charge in [-0.3, -0.25) is 0 Å². The van der Waals surface area contributed by atoms with E-state index in [0.717, 1.165) is 0 Å². The zero-order valence-electron chi connectivity index (χ0n) is 17.3. The van der Waals surface area contributed by atoms with Crippen LogP contribution in [0.2, 0.25) is 0 Å². The van der Waals surface area contributed by atoms with Gasteiger partial charge in [-0.15, -0.1) is 0 Å². The normalized spacial score (nSPS) is 39.1. The molecule has 8 nitrogen and oxygen atoms in total. The predicted molar refractivity (Wildman–Crippen MR) is 101 cm³/mol. The summed E-state index contributed by atoms with van der Waals surface area (Å²) in [6, 6.07) is 0. The summed E-state index contributed by atoms with van der Waals surface area (Å²) in [6.07, 6.45) is -5.33. The monoisotopic (exact) mass is 462 g/mol. The zero-order chi connectivity index (χ0) is 21.9. The fourth-order valence-corrected chi connectivity index (χ4v) is 6.72. The molecule has 29 heavy (non-hydrogen) atoms. The summed E-state index contributed by atoms with van der Waals surface area (Å²) in [5, 5.41) is 11.6. The molecule has 0 saturated carbocycles. The predicted octanol–water partition coefficient (Wildman–Crippen LogP) is 2.72. The summed E-state index contributed by atoms with van der Waals surface area (Å²) in [4.78, 5) is 0. The SMILES string of the molecule is CCOP(=S)(OCC)C(F)(F)[C@@]1(O)[C@@H]([C@H]2COC(C)(C)O2)O[C@@H]2OC(C)(C)O[C@@H]21. The van der Waals surface area contributed by atoms with Gasteiger partial charge in [0.2, 0.25) is 0 Å². The van der Waals surface area contributed by atoms with Crippen LogP contribution >= 0.6 is 6.49 Å². The molecule has 5 atom stereocenters. The Morgan fingerprint density at radius 1 is 1.03 bits per heavy atom. The highest BCUT2D eigenvalue weighted by atomic mass is 32.5. The molecule has 0 aromatic heterocycles. The van der Waals surface area contributed by atoms with E-state index in [1.165, 1.54) is 13.8 Å². The molecule has 0 radical (unpaired) electrons. The number of hydrogen-bond acceptors (Lipinski definition) is 9. The number of ether oxygens (including phenoxy) is 5. The molecule has 3 fully saturated rings. The molecule has 0 unspecified atom stereocenters. The first-order valence-corrected chi connectivity index (χ1v) is 12.2. The Kier molecular flexibility index (Phi) is 6.29. The maximum Gasteiger partial charge on any atom is 0.353 e. The smallest absolute Gasteiger partial charge is 0.353 e. The summed E-state index contributed by atoms with van der Waals surface area (Å²) in [7, 11) is 0. The lowest BCUT2D eigenvalue weighted by atomic mass is 9.89. The summed E-state index contributed by atoms with van der Waals surface area (Å²) in [5.74, 6) is -2.26. The van der Waals surface area contributed by atoms with Gasteiger partial charge in [-0.2, -0.15) is 8.78 Å².